The first kappa shape index (κ1) is 22.3. The van der Waals surface area contributed by atoms with Crippen molar-refractivity contribution in [2.75, 3.05) is 20.8 Å². The molecule has 2 aromatic rings. The van der Waals surface area contributed by atoms with Gasteiger partial charge in [0, 0.05) is 38.1 Å². The van der Waals surface area contributed by atoms with Gasteiger partial charge in [-0.3, -0.25) is 0 Å². The van der Waals surface area contributed by atoms with E-state index < -0.39 is 11.6 Å². The Bertz CT molecular complexity index is 827. The molecule has 2 aromatic heterocycles. The van der Waals surface area contributed by atoms with Crippen LogP contribution in [0.4, 0.5) is 0 Å². The van der Waals surface area contributed by atoms with Gasteiger partial charge >= 0.3 is 5.97 Å². The van der Waals surface area contributed by atoms with Gasteiger partial charge in [-0.05, 0) is 32.3 Å². The lowest BCUT2D eigenvalue weighted by atomic mass is 9.89. The summed E-state index contributed by atoms with van der Waals surface area (Å²) in [7, 11) is 2.84. The van der Waals surface area contributed by atoms with Gasteiger partial charge < -0.3 is 18.6 Å². The maximum Gasteiger partial charge on any atom is 0.338 e. The molecular weight excluding hydrogens is 384 g/mol. The van der Waals surface area contributed by atoms with E-state index in [1.54, 1.807) is 19.2 Å². The number of esters is 1. The number of rotatable bonds is 9. The molecular formula is C23H32N2O5. The van der Waals surface area contributed by atoms with Crippen LogP contribution in [0.15, 0.2) is 22.7 Å². The first-order valence-electron chi connectivity index (χ1n) is 10.6. The number of pyridine rings is 1. The fourth-order valence-electron chi connectivity index (χ4n) is 3.89. The molecule has 7 nitrogen and oxygen atoms in total. The van der Waals surface area contributed by atoms with Crippen molar-refractivity contribution < 1.29 is 23.4 Å². The third kappa shape index (κ3) is 5.39. The maximum atomic E-state index is 11.9. The number of ether oxygens (including phenoxy) is 3. The first-order valence-corrected chi connectivity index (χ1v) is 10.6. The van der Waals surface area contributed by atoms with Crippen LogP contribution in [0.3, 0.4) is 0 Å². The number of hydrogen-bond acceptors (Lipinski definition) is 7. The van der Waals surface area contributed by atoms with E-state index in [1.165, 1.54) is 46.3 Å². The highest BCUT2D eigenvalue weighted by Crippen LogP contribution is 2.33. The van der Waals surface area contributed by atoms with Crippen molar-refractivity contribution in [3.63, 3.8) is 0 Å². The summed E-state index contributed by atoms with van der Waals surface area (Å²) < 4.78 is 21.9. The summed E-state index contributed by atoms with van der Waals surface area (Å²) >= 11 is 0. The normalized spacial score (nSPS) is 16.8. The fourth-order valence-corrected chi connectivity index (χ4v) is 3.89. The van der Waals surface area contributed by atoms with E-state index >= 15 is 0 Å². The Labute approximate surface area is 178 Å². The standard InChI is InChI=1S/C23H32N2O5/c1-16-19(25-21(30-16)18-8-6-5-7-9-18)12-13-29-20-11-10-17(15-24-20)14-23(2,28-4)22(26)27-3/h10-11,15,18H,5-9,12-14H2,1-4H3. The van der Waals surface area contributed by atoms with E-state index in [4.69, 9.17) is 23.6 Å². The molecule has 1 saturated carbocycles. The molecule has 1 unspecified atom stereocenters. The molecule has 0 amide bonds. The second kappa shape index (κ2) is 10.1. The van der Waals surface area contributed by atoms with Crippen molar-refractivity contribution in [3.8, 4) is 5.88 Å². The minimum absolute atomic E-state index is 0.367. The molecule has 1 aliphatic carbocycles. The first-order chi connectivity index (χ1) is 14.4. The van der Waals surface area contributed by atoms with E-state index in [-0.39, 0.29) is 0 Å². The third-order valence-electron chi connectivity index (χ3n) is 5.86. The van der Waals surface area contributed by atoms with E-state index in [9.17, 15) is 4.79 Å². The highest BCUT2D eigenvalue weighted by atomic mass is 16.6. The van der Waals surface area contributed by atoms with Gasteiger partial charge in [-0.25, -0.2) is 14.8 Å². The third-order valence-corrected chi connectivity index (χ3v) is 5.86. The molecule has 0 aromatic carbocycles. The minimum Gasteiger partial charge on any atom is -0.477 e. The highest BCUT2D eigenvalue weighted by molar-refractivity contribution is 5.79. The van der Waals surface area contributed by atoms with Crippen LogP contribution < -0.4 is 4.74 Å². The molecule has 0 bridgehead atoms. The molecule has 0 spiro atoms. The molecule has 1 aliphatic rings. The maximum absolute atomic E-state index is 11.9. The van der Waals surface area contributed by atoms with Gasteiger partial charge in [0.2, 0.25) is 5.88 Å². The van der Waals surface area contributed by atoms with Gasteiger partial charge in [0.05, 0.1) is 19.4 Å². The van der Waals surface area contributed by atoms with Crippen molar-refractivity contribution in [1.29, 1.82) is 0 Å². The molecule has 0 aliphatic heterocycles. The van der Waals surface area contributed by atoms with Gasteiger partial charge in [-0.2, -0.15) is 0 Å². The summed E-state index contributed by atoms with van der Waals surface area (Å²) in [4.78, 5) is 21.0. The lowest BCUT2D eigenvalue weighted by Crippen LogP contribution is -2.40. The van der Waals surface area contributed by atoms with Crippen LogP contribution in [0.1, 0.15) is 67.9 Å². The average Bonchev–Trinajstić information content (AvgIpc) is 3.15. The number of aryl methyl sites for hydroxylation is 1. The summed E-state index contributed by atoms with van der Waals surface area (Å²) in [5.41, 5.74) is 0.780. The molecule has 3 rings (SSSR count). The Morgan fingerprint density at radius 1 is 1.23 bits per heavy atom. The number of hydrogen-bond donors (Lipinski definition) is 0. The lowest BCUT2D eigenvalue weighted by Gasteiger charge is -2.24. The van der Waals surface area contributed by atoms with Crippen LogP contribution in [0.25, 0.3) is 0 Å². The van der Waals surface area contributed by atoms with Crippen LogP contribution in [-0.4, -0.2) is 42.4 Å². The SMILES string of the molecule is COC(=O)C(C)(Cc1ccc(OCCc2nc(C3CCCCC3)oc2C)nc1)OC. The Morgan fingerprint density at radius 2 is 2.00 bits per heavy atom. The summed E-state index contributed by atoms with van der Waals surface area (Å²) in [6, 6.07) is 3.68. The van der Waals surface area contributed by atoms with E-state index in [2.05, 4.69) is 4.98 Å². The molecule has 1 atom stereocenters. The second-order valence-electron chi connectivity index (χ2n) is 8.10. The van der Waals surface area contributed by atoms with Crippen molar-refractivity contribution in [1.82, 2.24) is 9.97 Å². The Kier molecular flexibility index (Phi) is 7.48. The predicted octanol–water partition coefficient (Wildman–Crippen LogP) is 4.17. The van der Waals surface area contributed by atoms with Gasteiger partial charge in [0.15, 0.2) is 11.5 Å². The van der Waals surface area contributed by atoms with Gasteiger partial charge in [-0.1, -0.05) is 25.3 Å². The van der Waals surface area contributed by atoms with Crippen molar-refractivity contribution >= 4 is 5.97 Å². The molecule has 0 N–H and O–H groups in total. The molecule has 2 heterocycles. The highest BCUT2D eigenvalue weighted by Gasteiger charge is 2.34. The largest absolute Gasteiger partial charge is 0.477 e. The van der Waals surface area contributed by atoms with Crippen LogP contribution in [-0.2, 0) is 27.1 Å². The zero-order valence-corrected chi connectivity index (χ0v) is 18.4. The zero-order valence-electron chi connectivity index (χ0n) is 18.4. The molecule has 0 radical (unpaired) electrons. The number of oxazole rings is 1. The average molecular weight is 417 g/mol. The molecule has 0 saturated heterocycles. The summed E-state index contributed by atoms with van der Waals surface area (Å²) in [5, 5.41) is 0. The number of aromatic nitrogens is 2. The van der Waals surface area contributed by atoms with Gasteiger partial charge in [-0.15, -0.1) is 0 Å². The topological polar surface area (TPSA) is 83.7 Å². The monoisotopic (exact) mass is 416 g/mol. The van der Waals surface area contributed by atoms with Gasteiger partial charge in [0.1, 0.15) is 5.76 Å². The molecule has 1 fully saturated rings. The number of methoxy groups -OCH3 is 2. The van der Waals surface area contributed by atoms with Crippen LogP contribution in [0, 0.1) is 6.92 Å². The zero-order chi connectivity index (χ0) is 21.6. The Hall–Kier alpha value is -2.41. The van der Waals surface area contributed by atoms with Crippen LogP contribution >= 0.6 is 0 Å². The quantitative estimate of drug-likeness (QED) is 0.567. The van der Waals surface area contributed by atoms with E-state index in [1.807, 2.05) is 13.0 Å². The molecule has 7 heteroatoms. The summed E-state index contributed by atoms with van der Waals surface area (Å²) in [5.74, 6) is 2.34. The second-order valence-corrected chi connectivity index (χ2v) is 8.10. The van der Waals surface area contributed by atoms with E-state index in [0.29, 0.717) is 31.2 Å². The molecule has 30 heavy (non-hydrogen) atoms. The van der Waals surface area contributed by atoms with Crippen LogP contribution in [0.5, 0.6) is 5.88 Å². The summed E-state index contributed by atoms with van der Waals surface area (Å²) in [6.45, 7) is 4.14. The summed E-state index contributed by atoms with van der Waals surface area (Å²) in [6.07, 6.45) is 8.91. The Balaban J connectivity index is 1.52. The fraction of sp³-hybridized carbons (Fsp3) is 0.609. The van der Waals surface area contributed by atoms with Crippen molar-refractivity contribution in [2.45, 2.75) is 70.3 Å². The minimum atomic E-state index is -1.04. The smallest absolute Gasteiger partial charge is 0.338 e. The van der Waals surface area contributed by atoms with Crippen molar-refractivity contribution in [2.24, 2.45) is 0 Å². The Morgan fingerprint density at radius 3 is 2.63 bits per heavy atom. The van der Waals surface area contributed by atoms with Gasteiger partial charge in [0.25, 0.3) is 0 Å². The number of nitrogens with zero attached hydrogens (tertiary/aromatic N) is 2. The molecule has 164 valence electrons. The van der Waals surface area contributed by atoms with Crippen LogP contribution in [0.2, 0.25) is 0 Å². The number of carbonyl (C=O) groups excluding carboxylic acids is 1. The van der Waals surface area contributed by atoms with E-state index in [0.717, 1.165) is 22.9 Å². The predicted molar refractivity (Wildman–Crippen MR) is 112 cm³/mol. The van der Waals surface area contributed by atoms with Crippen molar-refractivity contribution in [3.05, 3.63) is 41.2 Å². The number of carbonyl (C=O) groups is 1. The lowest BCUT2D eigenvalue weighted by molar-refractivity contribution is -0.163.